The highest BCUT2D eigenvalue weighted by Crippen LogP contribution is 2.50. The van der Waals surface area contributed by atoms with Crippen molar-refractivity contribution in [2.45, 2.75) is 19.3 Å². The molecule has 0 radical (unpaired) electrons. The lowest BCUT2D eigenvalue weighted by molar-refractivity contribution is 0.660. The zero-order valence-corrected chi connectivity index (χ0v) is 32.0. The van der Waals surface area contributed by atoms with Gasteiger partial charge in [0.15, 0.2) is 0 Å². The number of hydrogen-bond acceptors (Lipinski definition) is 0. The predicted octanol–water partition coefficient (Wildman–Crippen LogP) is 15.9. The van der Waals surface area contributed by atoms with Gasteiger partial charge in [0, 0.05) is 5.41 Å². The Labute approximate surface area is 332 Å². The first-order valence-corrected chi connectivity index (χ1v) is 20.1. The van der Waals surface area contributed by atoms with Crippen LogP contribution in [0.4, 0.5) is 0 Å². The van der Waals surface area contributed by atoms with Crippen LogP contribution in [-0.4, -0.2) is 0 Å². The second kappa shape index (κ2) is 12.0. The summed E-state index contributed by atoms with van der Waals surface area (Å²) in [5.74, 6) is 0. The van der Waals surface area contributed by atoms with E-state index in [1.54, 1.807) is 0 Å². The van der Waals surface area contributed by atoms with Crippen LogP contribution in [0, 0.1) is 0 Å². The average molecular weight is 723 g/mol. The third-order valence-corrected chi connectivity index (χ3v) is 13.0. The molecular weight excluding hydrogens is 685 g/mol. The molecule has 0 nitrogen and oxygen atoms in total. The summed E-state index contributed by atoms with van der Waals surface area (Å²) in [5.41, 5.74) is 13.0. The van der Waals surface area contributed by atoms with Crippen molar-refractivity contribution in [2.24, 2.45) is 0 Å². The van der Waals surface area contributed by atoms with Crippen molar-refractivity contribution in [1.82, 2.24) is 0 Å². The Bertz CT molecular complexity index is 3490. The van der Waals surface area contributed by atoms with Gasteiger partial charge in [-0.05, 0) is 157 Å². The summed E-state index contributed by atoms with van der Waals surface area (Å²) in [4.78, 5) is 0. The number of hydrogen-bond donors (Lipinski definition) is 0. The normalized spacial score (nSPS) is 13.2. The summed E-state index contributed by atoms with van der Waals surface area (Å²) >= 11 is 0. The van der Waals surface area contributed by atoms with Crippen molar-refractivity contribution in [3.63, 3.8) is 0 Å². The molecule has 0 unspecified atom stereocenters. The zero-order chi connectivity index (χ0) is 37.8. The van der Waals surface area contributed by atoms with E-state index in [1.807, 2.05) is 0 Å². The maximum Gasteiger partial charge on any atom is 0.0159 e. The third-order valence-electron chi connectivity index (χ3n) is 13.0. The largest absolute Gasteiger partial charge is 0.0619 e. The molecule has 11 aromatic carbocycles. The van der Waals surface area contributed by atoms with Crippen LogP contribution in [0.15, 0.2) is 194 Å². The lowest BCUT2D eigenvalue weighted by Crippen LogP contribution is -2.14. The van der Waals surface area contributed by atoms with Crippen molar-refractivity contribution >= 4 is 64.6 Å². The minimum absolute atomic E-state index is 0.0213. The van der Waals surface area contributed by atoms with Crippen LogP contribution in [0.2, 0.25) is 0 Å². The Balaban J connectivity index is 0.967. The highest BCUT2D eigenvalue weighted by molar-refractivity contribution is 6.33. The summed E-state index contributed by atoms with van der Waals surface area (Å²) in [6.07, 6.45) is 0. The van der Waals surface area contributed by atoms with Gasteiger partial charge in [0.05, 0.1) is 0 Å². The topological polar surface area (TPSA) is 0 Å². The van der Waals surface area contributed by atoms with Gasteiger partial charge < -0.3 is 0 Å². The molecule has 11 aromatic rings. The van der Waals surface area contributed by atoms with Crippen LogP contribution < -0.4 is 0 Å². The monoisotopic (exact) mass is 722 g/mol. The molecule has 0 bridgehead atoms. The molecule has 0 fully saturated rings. The van der Waals surface area contributed by atoms with Crippen molar-refractivity contribution in [3.05, 3.63) is 205 Å². The molecule has 0 spiro atoms. The first kappa shape index (κ1) is 32.2. The molecule has 0 heteroatoms. The predicted molar refractivity (Wildman–Crippen MR) is 245 cm³/mol. The molecule has 0 aromatic heterocycles. The molecule has 0 atom stereocenters. The molecular formula is C57H38. The van der Waals surface area contributed by atoms with Crippen LogP contribution in [0.1, 0.15) is 25.0 Å². The fraction of sp³-hybridized carbons (Fsp3) is 0.0526. The lowest BCUT2D eigenvalue weighted by atomic mass is 9.81. The molecule has 57 heavy (non-hydrogen) atoms. The summed E-state index contributed by atoms with van der Waals surface area (Å²) in [5, 5.41) is 15.4. The lowest BCUT2D eigenvalue weighted by Gasteiger charge is -2.22. The molecule has 0 heterocycles. The molecule has 0 saturated heterocycles. The Morgan fingerprint density at radius 3 is 1.32 bits per heavy atom. The van der Waals surface area contributed by atoms with Gasteiger partial charge in [-0.1, -0.05) is 172 Å². The van der Waals surface area contributed by atoms with Crippen LogP contribution >= 0.6 is 0 Å². The Morgan fingerprint density at radius 2 is 0.684 bits per heavy atom. The van der Waals surface area contributed by atoms with E-state index in [4.69, 9.17) is 0 Å². The van der Waals surface area contributed by atoms with Crippen molar-refractivity contribution in [3.8, 4) is 44.5 Å². The molecule has 266 valence electrons. The molecule has 0 aliphatic heterocycles. The van der Waals surface area contributed by atoms with Crippen molar-refractivity contribution in [1.29, 1.82) is 0 Å². The standard InChI is InChI=1S/C57H38/c1-57(2)54-18-10-9-15-48(54)49-28-27-40(33-55(49)57)39-25-21-35-19-23-37(29-42(35)31-39)38-24-20-36-22-26-41(32-43(36)30-38)52-34-53-46-13-4-3-11-44(46)45-12-5-7-16-50(45)56(53)51-17-8-6-14-47(51)52/h3-34H,1-2H3. The first-order valence-electron chi connectivity index (χ1n) is 20.1. The van der Waals surface area contributed by atoms with Crippen LogP contribution in [0.3, 0.4) is 0 Å². The molecule has 0 amide bonds. The van der Waals surface area contributed by atoms with E-state index in [0.29, 0.717) is 0 Å². The smallest absolute Gasteiger partial charge is 0.0159 e. The summed E-state index contributed by atoms with van der Waals surface area (Å²) in [6.45, 7) is 4.71. The molecule has 0 N–H and O–H groups in total. The van der Waals surface area contributed by atoms with E-state index in [9.17, 15) is 0 Å². The van der Waals surface area contributed by atoms with Gasteiger partial charge in [-0.3, -0.25) is 0 Å². The number of benzene rings is 11. The van der Waals surface area contributed by atoms with Gasteiger partial charge in [-0.25, -0.2) is 0 Å². The highest BCUT2D eigenvalue weighted by Gasteiger charge is 2.35. The molecule has 1 aliphatic carbocycles. The number of fused-ring (bicyclic) bond motifs is 13. The number of rotatable bonds is 3. The Kier molecular flexibility index (Phi) is 6.78. The first-order chi connectivity index (χ1) is 28.0. The van der Waals surface area contributed by atoms with Crippen molar-refractivity contribution in [2.75, 3.05) is 0 Å². The van der Waals surface area contributed by atoms with E-state index in [0.717, 1.165) is 0 Å². The van der Waals surface area contributed by atoms with Gasteiger partial charge in [0.1, 0.15) is 0 Å². The molecule has 0 saturated carbocycles. The minimum atomic E-state index is -0.0213. The SMILES string of the molecule is CC1(C)c2ccccc2-c2ccc(-c3ccc4ccc(-c5ccc6ccc(-c7cc8c9ccccc9c9ccccc9c8c8ccccc78)cc6c5)cc4c3)cc21. The maximum atomic E-state index is 2.44. The van der Waals surface area contributed by atoms with E-state index >= 15 is 0 Å². The second-order valence-corrected chi connectivity index (χ2v) is 16.5. The van der Waals surface area contributed by atoms with Crippen LogP contribution in [0.5, 0.6) is 0 Å². The zero-order valence-electron chi connectivity index (χ0n) is 32.0. The Morgan fingerprint density at radius 1 is 0.263 bits per heavy atom. The summed E-state index contributed by atoms with van der Waals surface area (Å²) in [6, 6.07) is 72.8. The third kappa shape index (κ3) is 4.81. The minimum Gasteiger partial charge on any atom is -0.0619 e. The van der Waals surface area contributed by atoms with E-state index in [-0.39, 0.29) is 5.41 Å². The molecule has 1 aliphatic rings. The average Bonchev–Trinajstić information content (AvgIpc) is 3.50. The Hall–Kier alpha value is -7.02. The fourth-order valence-electron chi connectivity index (χ4n) is 10.1. The van der Waals surface area contributed by atoms with E-state index in [2.05, 4.69) is 208 Å². The van der Waals surface area contributed by atoms with Gasteiger partial charge in [-0.2, -0.15) is 0 Å². The molecule has 12 rings (SSSR count). The van der Waals surface area contributed by atoms with Crippen LogP contribution in [0.25, 0.3) is 109 Å². The van der Waals surface area contributed by atoms with Gasteiger partial charge in [0.25, 0.3) is 0 Å². The van der Waals surface area contributed by atoms with Gasteiger partial charge in [0.2, 0.25) is 0 Å². The van der Waals surface area contributed by atoms with E-state index < -0.39 is 0 Å². The summed E-state index contributed by atoms with van der Waals surface area (Å²) in [7, 11) is 0. The maximum absolute atomic E-state index is 2.44. The van der Waals surface area contributed by atoms with Crippen LogP contribution in [-0.2, 0) is 5.41 Å². The highest BCUT2D eigenvalue weighted by atomic mass is 14.4. The van der Waals surface area contributed by atoms with E-state index in [1.165, 1.54) is 120 Å². The summed E-state index contributed by atoms with van der Waals surface area (Å²) < 4.78 is 0. The van der Waals surface area contributed by atoms with Gasteiger partial charge >= 0.3 is 0 Å². The van der Waals surface area contributed by atoms with Crippen molar-refractivity contribution < 1.29 is 0 Å². The second-order valence-electron chi connectivity index (χ2n) is 16.5. The van der Waals surface area contributed by atoms with Gasteiger partial charge in [-0.15, -0.1) is 0 Å². The quantitative estimate of drug-likeness (QED) is 0.159. The fourth-order valence-corrected chi connectivity index (χ4v) is 10.1.